The highest BCUT2D eigenvalue weighted by Gasteiger charge is 2.46. The summed E-state index contributed by atoms with van der Waals surface area (Å²) in [5, 5.41) is 0. The van der Waals surface area contributed by atoms with Crippen LogP contribution >= 0.6 is 0 Å². The van der Waals surface area contributed by atoms with Gasteiger partial charge in [-0.3, -0.25) is 0 Å². The summed E-state index contributed by atoms with van der Waals surface area (Å²) in [6, 6.07) is 49.8. The molecule has 0 bridgehead atoms. The van der Waals surface area contributed by atoms with Gasteiger partial charge in [-0.2, -0.15) is 0 Å². The van der Waals surface area contributed by atoms with Crippen LogP contribution in [0.4, 0.5) is 28.4 Å². The lowest BCUT2D eigenvalue weighted by Crippen LogP contribution is -2.28. The fraction of sp³-hybridized carbons (Fsp3) is 0.128. The van der Waals surface area contributed by atoms with Gasteiger partial charge >= 0.3 is 0 Å². The third kappa shape index (κ3) is 4.46. The molecule has 5 aromatic rings. The van der Waals surface area contributed by atoms with Gasteiger partial charge in [0.1, 0.15) is 0 Å². The molecule has 2 aliphatic carbocycles. The summed E-state index contributed by atoms with van der Waals surface area (Å²) in [5.41, 5.74) is 9.90. The Hall–Kier alpha value is -4.82. The number of hydrogen-bond acceptors (Lipinski definition) is 2. The molecule has 0 amide bonds. The quantitative estimate of drug-likeness (QED) is 0.215. The highest BCUT2D eigenvalue weighted by molar-refractivity contribution is 5.78. The van der Waals surface area contributed by atoms with Crippen molar-refractivity contribution in [2.75, 3.05) is 9.80 Å². The molecule has 2 aliphatic rings. The molecule has 7 rings (SSSR count). The first-order valence-electron chi connectivity index (χ1n) is 14.5. The lowest BCUT2D eigenvalue weighted by molar-refractivity contribution is 0.392. The van der Waals surface area contributed by atoms with Gasteiger partial charge in [0.15, 0.2) is 0 Å². The first kappa shape index (κ1) is 25.2. The third-order valence-corrected chi connectivity index (χ3v) is 8.71. The second-order valence-electron chi connectivity index (χ2n) is 11.5. The van der Waals surface area contributed by atoms with Gasteiger partial charge in [0.2, 0.25) is 0 Å². The largest absolute Gasteiger partial charge is 0.311 e. The summed E-state index contributed by atoms with van der Waals surface area (Å²) in [6.45, 7) is 4.83. The average Bonchev–Trinajstić information content (AvgIpc) is 3.25. The minimum absolute atomic E-state index is 0.0376. The summed E-state index contributed by atoms with van der Waals surface area (Å²) in [7, 11) is 0. The molecule has 2 unspecified atom stereocenters. The molecule has 2 nitrogen and oxygen atoms in total. The van der Waals surface area contributed by atoms with Crippen LogP contribution < -0.4 is 9.80 Å². The van der Waals surface area contributed by atoms with Crippen LogP contribution in [0.3, 0.4) is 0 Å². The molecule has 0 aromatic heterocycles. The van der Waals surface area contributed by atoms with E-state index in [1.807, 2.05) is 0 Å². The van der Waals surface area contributed by atoms with Crippen LogP contribution in [0, 0.1) is 5.92 Å². The summed E-state index contributed by atoms with van der Waals surface area (Å²) in [6.07, 6.45) is 7.26. The number of allylic oxidation sites excluding steroid dienone is 3. The lowest BCUT2D eigenvalue weighted by atomic mass is 9.74. The van der Waals surface area contributed by atoms with E-state index in [1.165, 1.54) is 33.9 Å². The zero-order valence-electron chi connectivity index (χ0n) is 23.6. The van der Waals surface area contributed by atoms with Crippen molar-refractivity contribution in [3.8, 4) is 0 Å². The van der Waals surface area contributed by atoms with Crippen LogP contribution in [0.2, 0.25) is 0 Å². The predicted octanol–water partition coefficient (Wildman–Crippen LogP) is 10.4. The minimum Gasteiger partial charge on any atom is -0.311 e. The van der Waals surface area contributed by atoms with Crippen LogP contribution in [-0.2, 0) is 5.41 Å². The Labute approximate surface area is 243 Å². The molecule has 2 heteroatoms. The number of benzene rings is 5. The van der Waals surface area contributed by atoms with Gasteiger partial charge in [0.05, 0.1) is 0 Å². The molecular formula is C39H34N2. The Bertz CT molecular complexity index is 1620. The smallest absolute Gasteiger partial charge is 0.0464 e. The first-order chi connectivity index (χ1) is 20.1. The van der Waals surface area contributed by atoms with Crippen LogP contribution in [-0.4, -0.2) is 0 Å². The molecule has 0 saturated carbocycles. The predicted molar refractivity (Wildman–Crippen MR) is 173 cm³/mol. The second kappa shape index (κ2) is 10.3. The topological polar surface area (TPSA) is 6.48 Å². The fourth-order valence-electron chi connectivity index (χ4n) is 6.68. The van der Waals surface area contributed by atoms with Gasteiger partial charge in [0.25, 0.3) is 0 Å². The zero-order valence-corrected chi connectivity index (χ0v) is 23.6. The Balaban J connectivity index is 1.30. The van der Waals surface area contributed by atoms with Gasteiger partial charge in [0, 0.05) is 40.1 Å². The molecule has 0 aliphatic heterocycles. The van der Waals surface area contributed by atoms with E-state index in [2.05, 4.69) is 181 Å². The summed E-state index contributed by atoms with van der Waals surface area (Å²) >= 11 is 0. The molecule has 41 heavy (non-hydrogen) atoms. The molecule has 200 valence electrons. The van der Waals surface area contributed by atoms with E-state index in [4.69, 9.17) is 0 Å². The fourth-order valence-corrected chi connectivity index (χ4v) is 6.68. The van der Waals surface area contributed by atoms with Crippen molar-refractivity contribution in [3.63, 3.8) is 0 Å². The van der Waals surface area contributed by atoms with Crippen molar-refractivity contribution in [1.29, 1.82) is 0 Å². The molecule has 2 atom stereocenters. The Morgan fingerprint density at radius 3 is 1.46 bits per heavy atom. The molecule has 0 heterocycles. The molecule has 0 radical (unpaired) electrons. The van der Waals surface area contributed by atoms with Crippen molar-refractivity contribution in [2.45, 2.75) is 25.2 Å². The van der Waals surface area contributed by atoms with Crippen molar-refractivity contribution < 1.29 is 0 Å². The number of para-hydroxylation sites is 4. The monoisotopic (exact) mass is 530 g/mol. The van der Waals surface area contributed by atoms with Crippen molar-refractivity contribution in [2.24, 2.45) is 5.92 Å². The molecule has 0 fully saturated rings. The lowest BCUT2D eigenvalue weighted by Gasteiger charge is -2.34. The van der Waals surface area contributed by atoms with Crippen molar-refractivity contribution in [3.05, 3.63) is 175 Å². The number of hydrogen-bond donors (Lipinski definition) is 0. The van der Waals surface area contributed by atoms with Crippen LogP contribution in [0.25, 0.3) is 0 Å². The van der Waals surface area contributed by atoms with E-state index in [0.29, 0.717) is 11.8 Å². The van der Waals surface area contributed by atoms with Crippen molar-refractivity contribution >= 4 is 28.4 Å². The van der Waals surface area contributed by atoms with Gasteiger partial charge < -0.3 is 9.80 Å². The molecule has 0 saturated heterocycles. The maximum absolute atomic E-state index is 2.51. The number of fused-ring (bicyclic) bond motifs is 3. The average molecular weight is 531 g/mol. The summed E-state index contributed by atoms with van der Waals surface area (Å²) < 4.78 is 0. The van der Waals surface area contributed by atoms with Crippen LogP contribution in [0.5, 0.6) is 0 Å². The van der Waals surface area contributed by atoms with E-state index in [0.717, 1.165) is 11.4 Å². The highest BCUT2D eigenvalue weighted by Crippen LogP contribution is 2.55. The van der Waals surface area contributed by atoms with E-state index < -0.39 is 0 Å². The maximum Gasteiger partial charge on any atom is 0.0464 e. The minimum atomic E-state index is -0.0376. The van der Waals surface area contributed by atoms with E-state index >= 15 is 0 Å². The SMILES string of the molecule is CC1(C)c2cc(N(c3ccccc3)c3ccccc3)ccc2C2C=CC(N(c3ccccc3)c3ccccc3)=CC21. The van der Waals surface area contributed by atoms with Crippen LogP contribution in [0.1, 0.15) is 30.9 Å². The summed E-state index contributed by atoms with van der Waals surface area (Å²) in [5.74, 6) is 0.706. The zero-order chi connectivity index (χ0) is 27.8. The Morgan fingerprint density at radius 1 is 0.512 bits per heavy atom. The summed E-state index contributed by atoms with van der Waals surface area (Å²) in [4.78, 5) is 4.74. The number of anilines is 5. The molecule has 0 spiro atoms. The third-order valence-electron chi connectivity index (χ3n) is 8.71. The molecule has 5 aromatic carbocycles. The molecule has 0 N–H and O–H groups in total. The van der Waals surface area contributed by atoms with Crippen molar-refractivity contribution in [1.82, 2.24) is 0 Å². The van der Waals surface area contributed by atoms with Gasteiger partial charge in [-0.05, 0) is 89.2 Å². The Kier molecular flexibility index (Phi) is 6.32. The number of rotatable bonds is 6. The number of nitrogens with zero attached hydrogens (tertiary/aromatic N) is 2. The van der Waals surface area contributed by atoms with E-state index in [-0.39, 0.29) is 5.41 Å². The maximum atomic E-state index is 2.51. The normalized spacial score (nSPS) is 18.2. The van der Waals surface area contributed by atoms with Gasteiger partial charge in [-0.1, -0.05) is 105 Å². The first-order valence-corrected chi connectivity index (χ1v) is 14.5. The van der Waals surface area contributed by atoms with E-state index in [1.54, 1.807) is 0 Å². The van der Waals surface area contributed by atoms with Gasteiger partial charge in [-0.15, -0.1) is 0 Å². The second-order valence-corrected chi connectivity index (χ2v) is 11.5. The highest BCUT2D eigenvalue weighted by atomic mass is 15.2. The van der Waals surface area contributed by atoms with Crippen LogP contribution in [0.15, 0.2) is 163 Å². The van der Waals surface area contributed by atoms with E-state index in [9.17, 15) is 0 Å². The van der Waals surface area contributed by atoms with Gasteiger partial charge in [-0.25, -0.2) is 0 Å². The Morgan fingerprint density at radius 2 is 0.976 bits per heavy atom. The molecular weight excluding hydrogens is 496 g/mol. The standard InChI is InChI=1S/C39H34N2/c1-39(2)37-27-33(40(29-15-7-3-8-16-29)30-17-9-4-10-18-30)23-25-35(37)36-26-24-34(28-38(36)39)41(31-19-11-5-12-20-31)32-21-13-6-14-22-32/h3-28,35,37H,1-2H3.